The fourth-order valence-electron chi connectivity index (χ4n) is 4.14. The van der Waals surface area contributed by atoms with Crippen LogP contribution in [0.1, 0.15) is 45.8 Å². The van der Waals surface area contributed by atoms with Crippen LogP contribution in [-0.2, 0) is 21.9 Å². The Bertz CT molecular complexity index is 1040. The maximum Gasteiger partial charge on any atom is 0.255 e. The number of amides is 3. The number of imide groups is 1. The minimum Gasteiger partial charge on any atom is -0.322 e. The highest BCUT2D eigenvalue weighted by atomic mass is 32.2. The van der Waals surface area contributed by atoms with E-state index in [0.29, 0.717) is 24.4 Å². The third kappa shape index (κ3) is 3.61. The number of thioether (sulfide) groups is 1. The van der Waals surface area contributed by atoms with Crippen molar-refractivity contribution in [3.63, 3.8) is 0 Å². The summed E-state index contributed by atoms with van der Waals surface area (Å²) in [6.07, 6.45) is 4.50. The first-order valence-electron chi connectivity index (χ1n) is 10.1. The zero-order valence-electron chi connectivity index (χ0n) is 16.4. The topological polar surface area (TPSA) is 91.4 Å². The largest absolute Gasteiger partial charge is 0.322 e. The van der Waals surface area contributed by atoms with Crippen molar-refractivity contribution in [1.29, 1.82) is 0 Å². The normalized spacial score (nSPS) is 21.4. The highest BCUT2D eigenvalue weighted by Gasteiger charge is 2.39. The van der Waals surface area contributed by atoms with Gasteiger partial charge in [-0.1, -0.05) is 6.07 Å². The predicted octanol–water partition coefficient (Wildman–Crippen LogP) is 1.82. The summed E-state index contributed by atoms with van der Waals surface area (Å²) in [7, 11) is 0. The Morgan fingerprint density at radius 2 is 2.00 bits per heavy atom. The fraction of sp³-hybridized carbons (Fsp3) is 0.364. The molecule has 2 N–H and O–H groups in total. The van der Waals surface area contributed by atoms with Crippen molar-refractivity contribution in [1.82, 2.24) is 20.5 Å². The van der Waals surface area contributed by atoms with Gasteiger partial charge >= 0.3 is 0 Å². The molecule has 0 saturated carbocycles. The number of fused-ring (bicyclic) bond motifs is 1. The van der Waals surface area contributed by atoms with E-state index >= 15 is 0 Å². The van der Waals surface area contributed by atoms with Crippen molar-refractivity contribution in [3.8, 4) is 0 Å². The van der Waals surface area contributed by atoms with E-state index in [0.717, 1.165) is 29.3 Å². The van der Waals surface area contributed by atoms with Gasteiger partial charge in [-0.3, -0.25) is 24.7 Å². The number of carbonyl (C=O) groups excluding carboxylic acids is 3. The second-order valence-electron chi connectivity index (χ2n) is 7.99. The average molecular weight is 423 g/mol. The summed E-state index contributed by atoms with van der Waals surface area (Å²) in [5.41, 5.74) is 4.05. The van der Waals surface area contributed by atoms with Crippen LogP contribution in [0, 0.1) is 0 Å². The van der Waals surface area contributed by atoms with Crippen molar-refractivity contribution in [3.05, 3.63) is 58.9 Å². The molecule has 2 fully saturated rings. The van der Waals surface area contributed by atoms with Crippen molar-refractivity contribution >= 4 is 29.5 Å². The van der Waals surface area contributed by atoms with E-state index in [4.69, 9.17) is 0 Å². The van der Waals surface area contributed by atoms with Gasteiger partial charge in [-0.15, -0.1) is 11.8 Å². The lowest BCUT2D eigenvalue weighted by atomic mass is 9.94. The number of nitrogens with one attached hydrogen (secondary N) is 2. The molecule has 4 heterocycles. The molecule has 1 unspecified atom stereocenters. The standard InChI is InChI=1S/C22H22N4O3S/c27-20-4-3-19(21(28)25-20)26-11-15-6-17(1-2-18(15)22(26)29)30-12-13-5-14(8-23-7-13)16-9-24-10-16/h1-2,5-8,16,19,24H,3-4,9-12H2,(H,25,27,28). The van der Waals surface area contributed by atoms with Crippen LogP contribution in [-0.4, -0.2) is 46.7 Å². The van der Waals surface area contributed by atoms with Crippen LogP contribution < -0.4 is 10.6 Å². The lowest BCUT2D eigenvalue weighted by Gasteiger charge is -2.29. The van der Waals surface area contributed by atoms with Crippen molar-refractivity contribution < 1.29 is 14.4 Å². The number of nitrogens with zero attached hydrogens (tertiary/aromatic N) is 2. The molecule has 154 valence electrons. The van der Waals surface area contributed by atoms with Gasteiger partial charge in [0.1, 0.15) is 6.04 Å². The number of pyridine rings is 1. The first-order valence-corrected chi connectivity index (χ1v) is 11.1. The smallest absolute Gasteiger partial charge is 0.255 e. The Morgan fingerprint density at radius 1 is 1.13 bits per heavy atom. The molecule has 1 aromatic heterocycles. The molecular weight excluding hydrogens is 400 g/mol. The number of carbonyl (C=O) groups is 3. The van der Waals surface area contributed by atoms with Gasteiger partial charge in [0, 0.05) is 60.6 Å². The van der Waals surface area contributed by atoms with Crippen LogP contribution in [0.3, 0.4) is 0 Å². The molecule has 1 atom stereocenters. The molecule has 5 rings (SSSR count). The zero-order valence-corrected chi connectivity index (χ0v) is 17.2. The van der Waals surface area contributed by atoms with E-state index in [2.05, 4.69) is 21.7 Å². The second kappa shape index (κ2) is 7.85. The fourth-order valence-corrected chi connectivity index (χ4v) is 5.02. The third-order valence-electron chi connectivity index (χ3n) is 5.97. The van der Waals surface area contributed by atoms with E-state index in [9.17, 15) is 14.4 Å². The highest BCUT2D eigenvalue weighted by molar-refractivity contribution is 7.98. The number of rotatable bonds is 5. The Hall–Kier alpha value is -2.71. The highest BCUT2D eigenvalue weighted by Crippen LogP contribution is 2.32. The van der Waals surface area contributed by atoms with Gasteiger partial charge in [-0.25, -0.2) is 0 Å². The second-order valence-corrected chi connectivity index (χ2v) is 9.04. The summed E-state index contributed by atoms with van der Waals surface area (Å²) >= 11 is 1.72. The molecular formula is C22H22N4O3S. The van der Waals surface area contributed by atoms with Gasteiger partial charge in [-0.2, -0.15) is 0 Å². The van der Waals surface area contributed by atoms with E-state index < -0.39 is 6.04 Å². The molecule has 2 saturated heterocycles. The SMILES string of the molecule is O=C1CCC(N2Cc3cc(SCc4cncc(C5CNC5)c4)ccc3C2=O)C(=O)N1. The Kier molecular flexibility index (Phi) is 5.04. The van der Waals surface area contributed by atoms with E-state index in [-0.39, 0.29) is 24.1 Å². The van der Waals surface area contributed by atoms with Gasteiger partial charge in [0.15, 0.2) is 0 Å². The molecule has 7 nitrogen and oxygen atoms in total. The molecule has 3 aliphatic heterocycles. The molecule has 0 spiro atoms. The zero-order chi connectivity index (χ0) is 20.7. The number of aromatic nitrogens is 1. The Balaban J connectivity index is 1.26. The Morgan fingerprint density at radius 3 is 2.77 bits per heavy atom. The number of piperidine rings is 1. The maximum absolute atomic E-state index is 12.8. The lowest BCUT2D eigenvalue weighted by Crippen LogP contribution is -2.52. The minimum absolute atomic E-state index is 0.137. The molecule has 0 bridgehead atoms. The van der Waals surface area contributed by atoms with E-state index in [1.807, 2.05) is 30.6 Å². The summed E-state index contributed by atoms with van der Waals surface area (Å²) in [5, 5.41) is 5.63. The van der Waals surface area contributed by atoms with Gasteiger partial charge in [0.05, 0.1) is 0 Å². The third-order valence-corrected chi connectivity index (χ3v) is 7.03. The molecule has 0 aliphatic carbocycles. The molecule has 1 aromatic carbocycles. The molecule has 3 amide bonds. The lowest BCUT2D eigenvalue weighted by molar-refractivity contribution is -0.136. The summed E-state index contributed by atoms with van der Waals surface area (Å²) in [6.45, 7) is 2.43. The molecule has 30 heavy (non-hydrogen) atoms. The van der Waals surface area contributed by atoms with Crippen LogP contribution in [0.2, 0.25) is 0 Å². The van der Waals surface area contributed by atoms with Crippen LogP contribution in [0.5, 0.6) is 0 Å². The van der Waals surface area contributed by atoms with E-state index in [1.165, 1.54) is 11.1 Å². The molecule has 2 aromatic rings. The maximum atomic E-state index is 12.8. The monoisotopic (exact) mass is 422 g/mol. The van der Waals surface area contributed by atoms with Crippen LogP contribution in [0.25, 0.3) is 0 Å². The first-order chi connectivity index (χ1) is 14.6. The van der Waals surface area contributed by atoms with Crippen LogP contribution >= 0.6 is 11.8 Å². The molecule has 3 aliphatic rings. The van der Waals surface area contributed by atoms with Crippen molar-refractivity contribution in [2.24, 2.45) is 0 Å². The van der Waals surface area contributed by atoms with Gasteiger partial charge in [0.2, 0.25) is 11.8 Å². The van der Waals surface area contributed by atoms with Gasteiger partial charge in [0.25, 0.3) is 5.91 Å². The number of benzene rings is 1. The summed E-state index contributed by atoms with van der Waals surface area (Å²) in [6, 6.07) is 7.50. The summed E-state index contributed by atoms with van der Waals surface area (Å²) in [4.78, 5) is 43.4. The summed E-state index contributed by atoms with van der Waals surface area (Å²) < 4.78 is 0. The average Bonchev–Trinajstić information content (AvgIpc) is 3.01. The quantitative estimate of drug-likeness (QED) is 0.564. The van der Waals surface area contributed by atoms with Crippen LogP contribution in [0.4, 0.5) is 0 Å². The van der Waals surface area contributed by atoms with Crippen LogP contribution in [0.15, 0.2) is 41.6 Å². The van der Waals surface area contributed by atoms with Gasteiger partial charge < -0.3 is 10.2 Å². The minimum atomic E-state index is -0.575. The molecule has 8 heteroatoms. The van der Waals surface area contributed by atoms with Gasteiger partial charge in [-0.05, 0) is 41.3 Å². The number of hydrogen-bond acceptors (Lipinski definition) is 6. The summed E-state index contributed by atoms with van der Waals surface area (Å²) in [5.74, 6) is 0.584. The van der Waals surface area contributed by atoms with Crippen molar-refractivity contribution in [2.75, 3.05) is 13.1 Å². The predicted molar refractivity (Wildman–Crippen MR) is 112 cm³/mol. The Labute approximate surface area is 178 Å². The first kappa shape index (κ1) is 19.3. The van der Waals surface area contributed by atoms with E-state index in [1.54, 1.807) is 16.7 Å². The number of hydrogen-bond donors (Lipinski definition) is 2. The van der Waals surface area contributed by atoms with Crippen molar-refractivity contribution in [2.45, 2.75) is 42.0 Å². The molecule has 0 radical (unpaired) electrons.